The number of hydroxylamine groups is 1. The van der Waals surface area contributed by atoms with E-state index in [1.54, 1.807) is 42.5 Å². The van der Waals surface area contributed by atoms with Gasteiger partial charge in [-0.1, -0.05) is 48.5 Å². The normalized spacial score (nSPS) is 16.4. The standard InChI is InChI=1S/C22H19NO4S/c1-26-19-14-12-17(13-15-19)22-21(28(24,25)20-10-6-3-7-11-20)16-27-23(22)18-8-4-2-5-9-18/h2-16,22H,1H3. The molecule has 4 rings (SSSR count). The van der Waals surface area contributed by atoms with Crippen molar-refractivity contribution in [3.05, 3.63) is 102 Å². The fourth-order valence-electron chi connectivity index (χ4n) is 3.17. The van der Waals surface area contributed by atoms with E-state index in [2.05, 4.69) is 0 Å². The molecule has 1 atom stereocenters. The van der Waals surface area contributed by atoms with E-state index in [0.717, 1.165) is 11.3 Å². The lowest BCUT2D eigenvalue weighted by atomic mass is 10.1. The topological polar surface area (TPSA) is 55.8 Å². The SMILES string of the molecule is COc1ccc(C2C(S(=O)(=O)c3ccccc3)=CON2c2ccccc2)cc1. The van der Waals surface area contributed by atoms with Gasteiger partial charge in [0.2, 0.25) is 9.84 Å². The molecular weight excluding hydrogens is 374 g/mol. The maximum absolute atomic E-state index is 13.3. The van der Waals surface area contributed by atoms with Crippen LogP contribution < -0.4 is 9.80 Å². The monoisotopic (exact) mass is 393 g/mol. The van der Waals surface area contributed by atoms with Gasteiger partial charge in [0, 0.05) is 0 Å². The van der Waals surface area contributed by atoms with Crippen molar-refractivity contribution in [3.63, 3.8) is 0 Å². The van der Waals surface area contributed by atoms with Gasteiger partial charge in [-0.3, -0.25) is 0 Å². The summed E-state index contributed by atoms with van der Waals surface area (Å²) >= 11 is 0. The van der Waals surface area contributed by atoms with Gasteiger partial charge >= 0.3 is 0 Å². The Balaban J connectivity index is 1.81. The van der Waals surface area contributed by atoms with Gasteiger partial charge < -0.3 is 9.57 Å². The lowest BCUT2D eigenvalue weighted by Gasteiger charge is -2.26. The first-order valence-corrected chi connectivity index (χ1v) is 10.2. The van der Waals surface area contributed by atoms with Crippen molar-refractivity contribution in [1.29, 1.82) is 0 Å². The van der Waals surface area contributed by atoms with E-state index in [1.807, 2.05) is 54.6 Å². The lowest BCUT2D eigenvalue weighted by molar-refractivity contribution is 0.224. The number of anilines is 1. The number of para-hydroxylation sites is 1. The molecule has 1 unspecified atom stereocenters. The van der Waals surface area contributed by atoms with Crippen LogP contribution in [-0.2, 0) is 14.7 Å². The van der Waals surface area contributed by atoms with Gasteiger partial charge in [0.1, 0.15) is 23.0 Å². The van der Waals surface area contributed by atoms with E-state index < -0.39 is 15.9 Å². The molecule has 1 aliphatic rings. The summed E-state index contributed by atoms with van der Waals surface area (Å²) in [5.74, 6) is 0.699. The van der Waals surface area contributed by atoms with E-state index >= 15 is 0 Å². The molecule has 0 aromatic heterocycles. The summed E-state index contributed by atoms with van der Waals surface area (Å²) in [5.41, 5.74) is 1.55. The molecule has 5 nitrogen and oxygen atoms in total. The second-order valence-electron chi connectivity index (χ2n) is 6.28. The first-order valence-electron chi connectivity index (χ1n) is 8.76. The largest absolute Gasteiger partial charge is 0.497 e. The van der Waals surface area contributed by atoms with Gasteiger partial charge in [0.05, 0.1) is 17.7 Å². The minimum absolute atomic E-state index is 0.188. The Morgan fingerprint density at radius 3 is 2.07 bits per heavy atom. The molecule has 6 heteroatoms. The van der Waals surface area contributed by atoms with E-state index in [-0.39, 0.29) is 9.80 Å². The third kappa shape index (κ3) is 3.23. The molecule has 3 aromatic carbocycles. The van der Waals surface area contributed by atoms with Crippen molar-refractivity contribution in [3.8, 4) is 5.75 Å². The fraction of sp³-hybridized carbons (Fsp3) is 0.0909. The summed E-state index contributed by atoms with van der Waals surface area (Å²) in [6.45, 7) is 0. The molecule has 1 aliphatic heterocycles. The van der Waals surface area contributed by atoms with Crippen molar-refractivity contribution in [2.45, 2.75) is 10.9 Å². The lowest BCUT2D eigenvalue weighted by Crippen LogP contribution is -2.25. The number of benzene rings is 3. The van der Waals surface area contributed by atoms with Gasteiger partial charge in [-0.2, -0.15) is 5.06 Å². The number of rotatable bonds is 5. The Labute approximate surface area is 164 Å². The highest BCUT2D eigenvalue weighted by atomic mass is 32.2. The fourth-order valence-corrected chi connectivity index (χ4v) is 4.65. The summed E-state index contributed by atoms with van der Waals surface area (Å²) < 4.78 is 31.9. The molecule has 0 N–H and O–H groups in total. The molecule has 0 saturated heterocycles. The first kappa shape index (κ1) is 18.1. The minimum atomic E-state index is -3.73. The van der Waals surface area contributed by atoms with Crippen LogP contribution in [-0.4, -0.2) is 15.5 Å². The number of methoxy groups -OCH3 is 1. The Bertz CT molecular complexity index is 1080. The summed E-state index contributed by atoms with van der Waals surface area (Å²) in [7, 11) is -2.14. The molecule has 0 aliphatic carbocycles. The Hall–Kier alpha value is -3.25. The van der Waals surface area contributed by atoms with Crippen LogP contribution in [0.25, 0.3) is 0 Å². The molecule has 0 fully saturated rings. The van der Waals surface area contributed by atoms with Crippen LogP contribution >= 0.6 is 0 Å². The zero-order chi connectivity index (χ0) is 19.6. The van der Waals surface area contributed by atoms with Crippen molar-refractivity contribution in [1.82, 2.24) is 0 Å². The molecule has 0 bridgehead atoms. The average molecular weight is 393 g/mol. The van der Waals surface area contributed by atoms with Crippen LogP contribution in [0.5, 0.6) is 5.75 Å². The number of hydrogen-bond acceptors (Lipinski definition) is 5. The predicted octanol–water partition coefficient (Wildman–Crippen LogP) is 4.50. The summed E-state index contributed by atoms with van der Waals surface area (Å²) in [5, 5.41) is 1.61. The first-order chi connectivity index (χ1) is 13.6. The molecule has 0 spiro atoms. The zero-order valence-corrected chi connectivity index (χ0v) is 16.0. The smallest absolute Gasteiger partial charge is 0.208 e. The highest BCUT2D eigenvalue weighted by Gasteiger charge is 2.39. The maximum Gasteiger partial charge on any atom is 0.208 e. The van der Waals surface area contributed by atoms with Gasteiger partial charge in [-0.25, -0.2) is 8.42 Å². The number of hydrogen-bond donors (Lipinski definition) is 0. The number of sulfone groups is 1. The van der Waals surface area contributed by atoms with Crippen molar-refractivity contribution in [2.75, 3.05) is 12.2 Å². The molecule has 3 aromatic rings. The zero-order valence-electron chi connectivity index (χ0n) is 15.2. The second kappa shape index (κ2) is 7.40. The average Bonchev–Trinajstić information content (AvgIpc) is 3.21. The highest BCUT2D eigenvalue weighted by Crippen LogP contribution is 2.42. The summed E-state index contributed by atoms with van der Waals surface area (Å²) in [6.07, 6.45) is 1.32. The molecule has 0 radical (unpaired) electrons. The quantitative estimate of drug-likeness (QED) is 0.639. The van der Waals surface area contributed by atoms with Crippen LogP contribution in [0.1, 0.15) is 11.6 Å². The van der Waals surface area contributed by atoms with Crippen LogP contribution in [0, 0.1) is 0 Å². The molecular formula is C22H19NO4S. The number of ether oxygens (including phenoxy) is 1. The Kier molecular flexibility index (Phi) is 4.79. The highest BCUT2D eigenvalue weighted by molar-refractivity contribution is 7.95. The molecule has 0 amide bonds. The summed E-state index contributed by atoms with van der Waals surface area (Å²) in [6, 6.07) is 24.5. The van der Waals surface area contributed by atoms with E-state index in [1.165, 1.54) is 6.26 Å². The minimum Gasteiger partial charge on any atom is -0.497 e. The van der Waals surface area contributed by atoms with Crippen molar-refractivity contribution >= 4 is 15.5 Å². The Morgan fingerprint density at radius 1 is 0.857 bits per heavy atom. The van der Waals surface area contributed by atoms with E-state index in [9.17, 15) is 8.42 Å². The molecule has 0 saturated carbocycles. The maximum atomic E-state index is 13.3. The van der Waals surface area contributed by atoms with Crippen LogP contribution in [0.3, 0.4) is 0 Å². The summed E-state index contributed by atoms with van der Waals surface area (Å²) in [4.78, 5) is 6.17. The molecule has 1 heterocycles. The number of nitrogens with zero attached hydrogens (tertiary/aromatic N) is 1. The van der Waals surface area contributed by atoms with Gasteiger partial charge in [-0.15, -0.1) is 0 Å². The van der Waals surface area contributed by atoms with E-state index in [4.69, 9.17) is 9.57 Å². The third-order valence-corrected chi connectivity index (χ3v) is 6.43. The second-order valence-corrected chi connectivity index (χ2v) is 8.23. The Morgan fingerprint density at radius 2 is 1.46 bits per heavy atom. The third-order valence-electron chi connectivity index (χ3n) is 4.59. The van der Waals surface area contributed by atoms with Gasteiger partial charge in [-0.05, 0) is 42.0 Å². The van der Waals surface area contributed by atoms with E-state index in [0.29, 0.717) is 5.75 Å². The van der Waals surface area contributed by atoms with Crippen molar-refractivity contribution < 1.29 is 18.0 Å². The van der Waals surface area contributed by atoms with Gasteiger partial charge in [0.25, 0.3) is 0 Å². The molecule has 28 heavy (non-hydrogen) atoms. The van der Waals surface area contributed by atoms with Gasteiger partial charge in [0.15, 0.2) is 0 Å². The van der Waals surface area contributed by atoms with Crippen LogP contribution in [0.4, 0.5) is 5.69 Å². The van der Waals surface area contributed by atoms with Crippen molar-refractivity contribution in [2.24, 2.45) is 0 Å². The molecule has 142 valence electrons. The van der Waals surface area contributed by atoms with Crippen LogP contribution in [0.2, 0.25) is 0 Å². The van der Waals surface area contributed by atoms with Crippen LogP contribution in [0.15, 0.2) is 101 Å². The predicted molar refractivity (Wildman–Crippen MR) is 107 cm³/mol.